The van der Waals surface area contributed by atoms with Crippen molar-refractivity contribution in [3.05, 3.63) is 433 Å². The standard InChI is InChI=1S/C26H16F2N4O6S.C26H20F2N4O2S.C12H8N2O4S.C12H12N2S.C7H3ClFNO3.C6H4FNO2.2C2H6O.3CH4.2Na.H2S/c27-21-13-15(1-11-23(21)31(35)36)25(33)29-17-3-7-19(8-4-17)39-20-9-5-18(6-10-20)30-26(34)16-2-12-24(32(37)38)22(28)14-16;27-21-13-15(1-11-23(21)29)25(33)31-17-3-7-19(8-4-17)35-20-9-5-18(6-10-20)32-26(34)16-2-12-24(30)22(28)14-16;15-13(16)9-1-5-11(6-2-9)19-12-7-3-10(4-8-12)14(17)18;13-9-1-5-11(6-2-9)15-12-7-3-10(14)4-8-12;8-7(11)4-1-2-6(10(12)13)5(9)3-4;7-5-1-3-6(4-2-5)8(9)10;2*1-2-3;;;;;;/h1-14H,(H,29,33)(H,30,34);1-14H,29-30H2,(H,31,33)(H,32,34);1-8H;1-8H,13-14H2;1-3H;1-4H;2*3H,2H2,1H3;3*1H4;;;1H2. The number of carbonyl (C=O) groups excluding carboxylic acids is 5. The van der Waals surface area contributed by atoms with Crippen LogP contribution in [0.5, 0.6) is 0 Å². The minimum absolute atomic E-state index is 0. The normalized spacial score (nSPS) is 9.70. The van der Waals surface area contributed by atoms with E-state index >= 15 is 0 Å². The Morgan fingerprint density at radius 1 is 0.301 bits per heavy atom. The van der Waals surface area contributed by atoms with Gasteiger partial charge in [0.25, 0.3) is 45.9 Å². The zero-order valence-electron chi connectivity index (χ0n) is 73.5. The Morgan fingerprint density at radius 2 is 0.483 bits per heavy atom. The molecule has 0 spiro atoms. The van der Waals surface area contributed by atoms with Crippen molar-refractivity contribution < 1.29 is 90.1 Å². The van der Waals surface area contributed by atoms with Crippen LogP contribution < -0.4 is 44.2 Å². The molecule has 0 atom stereocenters. The topological polar surface area (TPSA) is 537 Å². The second-order valence-corrected chi connectivity index (χ2v) is 31.8. The molecule has 0 aliphatic heterocycles. The summed E-state index contributed by atoms with van der Waals surface area (Å²) in [5, 5.41) is 87.5. The van der Waals surface area contributed by atoms with Gasteiger partial charge in [0, 0.05) is 169 Å². The van der Waals surface area contributed by atoms with Crippen molar-refractivity contribution in [2.45, 2.75) is 75.3 Å². The number of nitrogens with two attached hydrogens (primary N) is 4. The number of aliphatic hydroxyl groups excluding tert-OH is 2. The van der Waals surface area contributed by atoms with Crippen LogP contribution in [0.3, 0.4) is 0 Å². The number of nitrogens with one attached hydrogen (secondary N) is 4. The number of non-ortho nitro benzene ring substituents is 3. The van der Waals surface area contributed by atoms with Crippen molar-refractivity contribution in [1.29, 1.82) is 0 Å². The number of anilines is 8. The third-order valence-corrected chi connectivity index (χ3v) is 21.3. The Labute approximate surface area is 872 Å². The molecule has 33 nitrogen and oxygen atoms in total. The molecule has 0 unspecified atom stereocenters. The number of halogens is 7. The monoisotopic (exact) mass is 2100 g/mol. The molecule has 0 saturated carbocycles. The fourth-order valence-electron chi connectivity index (χ4n) is 10.4. The van der Waals surface area contributed by atoms with Crippen LogP contribution in [0.25, 0.3) is 0 Å². The molecule has 14 N–H and O–H groups in total. The number of carbonyl (C=O) groups is 5. The van der Waals surface area contributed by atoms with E-state index < -0.39 is 110 Å². The van der Waals surface area contributed by atoms with E-state index in [2.05, 4.69) is 21.3 Å². The summed E-state index contributed by atoms with van der Waals surface area (Å²) in [7, 11) is 0. The van der Waals surface area contributed by atoms with Crippen LogP contribution in [-0.2, 0) is 0 Å². The van der Waals surface area contributed by atoms with E-state index in [9.17, 15) is 111 Å². The summed E-state index contributed by atoms with van der Waals surface area (Å²) in [5.41, 5.74) is 23.6. The summed E-state index contributed by atoms with van der Waals surface area (Å²) < 4.78 is 79.7. The molecule has 0 aliphatic carbocycles. The Kier molecular flexibility index (Phi) is 56.1. The summed E-state index contributed by atoms with van der Waals surface area (Å²) in [5.74, 6) is -7.18. The van der Waals surface area contributed by atoms with Gasteiger partial charge in [0.05, 0.1) is 40.9 Å². The maximum atomic E-state index is 13.8. The first-order valence-electron chi connectivity index (χ1n) is 40.0. The molecule has 0 aliphatic rings. The number of rotatable bonds is 23. The molecule has 0 bridgehead atoms. The van der Waals surface area contributed by atoms with Gasteiger partial charge in [0.1, 0.15) is 17.5 Å². The van der Waals surface area contributed by atoms with Crippen LogP contribution in [0, 0.1) is 95.6 Å². The van der Waals surface area contributed by atoms with E-state index in [4.69, 9.17) is 44.7 Å². The van der Waals surface area contributed by atoms with Gasteiger partial charge in [-0.1, -0.05) is 69.3 Å². The summed E-state index contributed by atoms with van der Waals surface area (Å²) in [6.45, 7) is 3.86. The van der Waals surface area contributed by atoms with Gasteiger partial charge >= 0.3 is 60.7 Å². The van der Waals surface area contributed by atoms with Crippen LogP contribution >= 0.6 is 72.1 Å². The number of nitro groups is 6. The number of nitrogen functional groups attached to an aromatic ring is 4. The predicted octanol–water partition coefficient (Wildman–Crippen LogP) is 24.0. The van der Waals surface area contributed by atoms with Crippen LogP contribution in [0.1, 0.15) is 87.9 Å². The van der Waals surface area contributed by atoms with Crippen molar-refractivity contribution in [2.75, 3.05) is 57.4 Å². The van der Waals surface area contributed by atoms with Gasteiger partial charge in [0.2, 0.25) is 17.5 Å². The first-order chi connectivity index (χ1) is 66.2. The second kappa shape index (κ2) is 64.2. The van der Waals surface area contributed by atoms with E-state index in [0.717, 1.165) is 132 Å². The molecule has 0 radical (unpaired) electrons. The van der Waals surface area contributed by atoms with Gasteiger partial charge in [-0.05, 0) is 280 Å². The molecular formula is C96H89ClF6N14Na2O19S5. The first kappa shape index (κ1) is 125. The molecule has 0 aromatic heterocycles. The number of nitro benzene ring substituents is 6. The average Bonchev–Trinajstić information content (AvgIpc) is 0.742. The zero-order chi connectivity index (χ0) is 103. The molecule has 4 amide bonds. The van der Waals surface area contributed by atoms with E-state index in [1.807, 2.05) is 72.8 Å². The molecule has 0 fully saturated rings. The Bertz CT molecular complexity index is 6290. The number of benzene rings is 14. The molecule has 14 aromatic carbocycles. The molecular weight excluding hydrogens is 2010 g/mol. The van der Waals surface area contributed by atoms with Crippen LogP contribution in [0.4, 0.5) is 106 Å². The molecule has 143 heavy (non-hydrogen) atoms. The van der Waals surface area contributed by atoms with Gasteiger partial charge in [-0.15, -0.1) is 0 Å². The fraction of sp³-hybridized carbons (Fsp3) is 0.0729. The number of nitrogens with zero attached hydrogens (tertiary/aromatic N) is 6. The fourth-order valence-corrected chi connectivity index (χ4v) is 13.8. The van der Waals surface area contributed by atoms with Crippen molar-refractivity contribution in [2.24, 2.45) is 0 Å². The summed E-state index contributed by atoms with van der Waals surface area (Å²) in [6, 6.07) is 76.4. The zero-order valence-corrected chi connectivity index (χ0v) is 82.5. The van der Waals surface area contributed by atoms with Crippen LogP contribution in [0.2, 0.25) is 0 Å². The number of amides is 4. The molecule has 14 rings (SSSR count). The van der Waals surface area contributed by atoms with Gasteiger partial charge < -0.3 is 54.4 Å². The molecule has 14 aromatic rings. The van der Waals surface area contributed by atoms with Gasteiger partial charge in [-0.3, -0.25) is 84.7 Å². The molecule has 738 valence electrons. The number of hydrogen-bond donors (Lipinski definition) is 10. The number of aliphatic hydroxyl groups is 2. The van der Waals surface area contributed by atoms with Crippen molar-refractivity contribution >= 4 is 224 Å². The second-order valence-electron chi connectivity index (χ2n) is 26.8. The number of hydrogen-bond acceptors (Lipinski definition) is 27. The molecule has 0 heterocycles. The van der Waals surface area contributed by atoms with Crippen molar-refractivity contribution in [1.82, 2.24) is 0 Å². The Balaban J connectivity index is 0.000000601. The Hall–Kier alpha value is -14.2. The van der Waals surface area contributed by atoms with Crippen molar-refractivity contribution in [3.8, 4) is 0 Å². The van der Waals surface area contributed by atoms with Crippen LogP contribution in [0.15, 0.2) is 349 Å². The third kappa shape index (κ3) is 43.0. The molecule has 0 saturated heterocycles. The SMILES string of the molecule is C.C.C.CCO.CCO.Nc1ccc(C(=O)Nc2ccc(Sc3ccc(NC(=O)c4ccc(N)c(F)c4)cc3)cc2)cc1F.Nc1ccc(Sc2ccc(N)cc2)cc1.O=C(Cl)c1ccc([N+](=O)[O-])c(F)c1.O=C(Nc1ccc(Sc2ccc(NC(=O)c3ccc([N+](=O)[O-])c(F)c3)cc2)cc1)c1ccc([N+](=O)[O-])c(F)c1.O=[N+]([O-])c1ccc(F)cc1.O=[N+]([O-])c1ccc(Sc2ccc([N+](=O)[O-])cc2)cc1.S.[Na][Na]. The van der Waals surface area contributed by atoms with Gasteiger partial charge in [0.15, 0.2) is 0 Å². The predicted molar refractivity (Wildman–Crippen MR) is 554 cm³/mol. The summed E-state index contributed by atoms with van der Waals surface area (Å²) in [6.07, 6.45) is 0. The maximum absolute atomic E-state index is 13.8. The first-order valence-corrected chi connectivity index (χ1v) is 51.7. The minimum atomic E-state index is -1.11. The Morgan fingerprint density at radius 3 is 0.678 bits per heavy atom. The van der Waals surface area contributed by atoms with Gasteiger partial charge in [-0.25, -0.2) is 13.2 Å². The van der Waals surface area contributed by atoms with E-state index in [-0.39, 0.29) is 105 Å². The van der Waals surface area contributed by atoms with E-state index in [1.54, 1.807) is 123 Å². The third-order valence-electron chi connectivity index (χ3n) is 17.0. The quantitative estimate of drug-likeness (QED) is 0.00710. The summed E-state index contributed by atoms with van der Waals surface area (Å²) in [4.78, 5) is 126. The van der Waals surface area contributed by atoms with E-state index in [1.165, 1.54) is 137 Å². The average molecular weight is 2100 g/mol. The van der Waals surface area contributed by atoms with Crippen LogP contribution in [-0.4, -0.2) is 125 Å². The summed E-state index contributed by atoms with van der Waals surface area (Å²) >= 11 is 13.9. The molecule has 47 heteroatoms. The van der Waals surface area contributed by atoms with Crippen molar-refractivity contribution in [3.63, 3.8) is 0 Å². The van der Waals surface area contributed by atoms with E-state index in [0.29, 0.717) is 22.7 Å². The van der Waals surface area contributed by atoms with Gasteiger partial charge in [-0.2, -0.15) is 26.7 Å².